The van der Waals surface area contributed by atoms with Crippen molar-refractivity contribution in [2.75, 3.05) is 6.54 Å². The molecule has 2 heterocycles. The van der Waals surface area contributed by atoms with Crippen molar-refractivity contribution in [2.45, 2.75) is 13.5 Å². The fourth-order valence-electron chi connectivity index (χ4n) is 1.22. The lowest BCUT2D eigenvalue weighted by molar-refractivity contribution is 0.420. The van der Waals surface area contributed by atoms with Gasteiger partial charge in [0, 0.05) is 12.4 Å². The molecule has 0 aliphatic heterocycles. The van der Waals surface area contributed by atoms with Crippen LogP contribution >= 0.6 is 11.6 Å². The lowest BCUT2D eigenvalue weighted by Crippen LogP contribution is -2.12. The largest absolute Gasteiger partial charge is 0.334 e. The molecule has 0 aliphatic rings. The number of nitrogens with zero attached hydrogens (tertiary/aromatic N) is 3. The summed E-state index contributed by atoms with van der Waals surface area (Å²) in [7, 11) is 0. The van der Waals surface area contributed by atoms with Crippen molar-refractivity contribution in [2.24, 2.45) is 0 Å². The summed E-state index contributed by atoms with van der Waals surface area (Å²) in [6, 6.07) is 1.74. The second kappa shape index (κ2) is 5.05. The van der Waals surface area contributed by atoms with E-state index in [1.54, 1.807) is 18.5 Å². The number of pyridine rings is 1. The number of hydrogen-bond acceptors (Lipinski definition) is 5. The van der Waals surface area contributed by atoms with Crippen molar-refractivity contribution in [3.63, 3.8) is 0 Å². The lowest BCUT2D eigenvalue weighted by Gasteiger charge is -1.95. The SMILES string of the molecule is CCNCc1noc(-c2ccncc2Cl)n1. The summed E-state index contributed by atoms with van der Waals surface area (Å²) < 4.78 is 5.12. The highest BCUT2D eigenvalue weighted by Gasteiger charge is 2.11. The summed E-state index contributed by atoms with van der Waals surface area (Å²) >= 11 is 5.97. The van der Waals surface area contributed by atoms with Gasteiger partial charge >= 0.3 is 0 Å². The van der Waals surface area contributed by atoms with Crippen LogP contribution in [-0.4, -0.2) is 21.7 Å². The Morgan fingerprint density at radius 2 is 2.38 bits per heavy atom. The molecule has 16 heavy (non-hydrogen) atoms. The summed E-state index contributed by atoms with van der Waals surface area (Å²) in [6.45, 7) is 3.46. The molecule has 2 aromatic heterocycles. The first-order valence-corrected chi connectivity index (χ1v) is 5.32. The zero-order valence-electron chi connectivity index (χ0n) is 8.77. The van der Waals surface area contributed by atoms with E-state index in [-0.39, 0.29) is 0 Å². The second-order valence-corrected chi connectivity index (χ2v) is 3.56. The molecule has 0 unspecified atom stereocenters. The highest BCUT2D eigenvalue weighted by atomic mass is 35.5. The minimum absolute atomic E-state index is 0.417. The van der Waals surface area contributed by atoms with Gasteiger partial charge < -0.3 is 9.84 Å². The van der Waals surface area contributed by atoms with E-state index in [1.807, 2.05) is 6.92 Å². The van der Waals surface area contributed by atoms with Crippen LogP contribution in [0.2, 0.25) is 5.02 Å². The van der Waals surface area contributed by atoms with E-state index in [0.29, 0.717) is 28.8 Å². The molecule has 0 bridgehead atoms. The monoisotopic (exact) mass is 238 g/mol. The summed E-state index contributed by atoms with van der Waals surface area (Å²) in [6.07, 6.45) is 3.18. The predicted octanol–water partition coefficient (Wildman–Crippen LogP) is 1.89. The van der Waals surface area contributed by atoms with Gasteiger partial charge in [0.2, 0.25) is 0 Å². The Hall–Kier alpha value is -1.46. The van der Waals surface area contributed by atoms with Gasteiger partial charge in [-0.3, -0.25) is 4.98 Å². The maximum Gasteiger partial charge on any atom is 0.259 e. The van der Waals surface area contributed by atoms with Crippen LogP contribution in [0.1, 0.15) is 12.7 Å². The molecule has 0 aliphatic carbocycles. The topological polar surface area (TPSA) is 63.8 Å². The van der Waals surface area contributed by atoms with Crippen LogP contribution in [0.4, 0.5) is 0 Å². The van der Waals surface area contributed by atoms with Crippen molar-refractivity contribution in [3.8, 4) is 11.5 Å². The molecular formula is C10H11ClN4O. The molecule has 0 spiro atoms. The number of rotatable bonds is 4. The van der Waals surface area contributed by atoms with Crippen LogP contribution in [-0.2, 0) is 6.54 Å². The quantitative estimate of drug-likeness (QED) is 0.881. The van der Waals surface area contributed by atoms with Crippen molar-refractivity contribution in [3.05, 3.63) is 29.3 Å². The molecule has 0 saturated heterocycles. The van der Waals surface area contributed by atoms with Crippen molar-refractivity contribution >= 4 is 11.6 Å². The number of hydrogen-bond donors (Lipinski definition) is 1. The van der Waals surface area contributed by atoms with Gasteiger partial charge in [0.05, 0.1) is 17.1 Å². The fourth-order valence-corrected chi connectivity index (χ4v) is 1.42. The molecule has 6 heteroatoms. The summed E-state index contributed by atoms with van der Waals surface area (Å²) in [5, 5.41) is 7.46. The minimum Gasteiger partial charge on any atom is -0.334 e. The van der Waals surface area contributed by atoms with Gasteiger partial charge in [-0.25, -0.2) is 0 Å². The maximum atomic E-state index is 5.97. The lowest BCUT2D eigenvalue weighted by atomic mass is 10.3. The Labute approximate surface area is 97.8 Å². The Bertz CT molecular complexity index is 471. The molecule has 0 radical (unpaired) electrons. The minimum atomic E-state index is 0.417. The smallest absolute Gasteiger partial charge is 0.259 e. The van der Waals surface area contributed by atoms with Gasteiger partial charge in [-0.1, -0.05) is 23.7 Å². The van der Waals surface area contributed by atoms with Gasteiger partial charge in [-0.2, -0.15) is 4.98 Å². The first kappa shape index (κ1) is 11.0. The third kappa shape index (κ3) is 2.37. The molecule has 0 atom stereocenters. The van der Waals surface area contributed by atoms with E-state index in [0.717, 1.165) is 6.54 Å². The van der Waals surface area contributed by atoms with E-state index in [9.17, 15) is 0 Å². The Balaban J connectivity index is 2.22. The zero-order valence-corrected chi connectivity index (χ0v) is 9.53. The molecule has 0 saturated carbocycles. The number of halogens is 1. The van der Waals surface area contributed by atoms with E-state index in [4.69, 9.17) is 16.1 Å². The molecule has 2 rings (SSSR count). The highest BCUT2D eigenvalue weighted by molar-refractivity contribution is 6.32. The van der Waals surface area contributed by atoms with Crippen molar-refractivity contribution in [1.82, 2.24) is 20.4 Å². The molecular weight excluding hydrogens is 228 g/mol. The Morgan fingerprint density at radius 1 is 1.50 bits per heavy atom. The van der Waals surface area contributed by atoms with Crippen LogP contribution in [0.5, 0.6) is 0 Å². The van der Waals surface area contributed by atoms with Crippen LogP contribution in [0.15, 0.2) is 23.0 Å². The van der Waals surface area contributed by atoms with Gasteiger partial charge in [0.25, 0.3) is 5.89 Å². The predicted molar refractivity (Wildman–Crippen MR) is 59.9 cm³/mol. The molecule has 1 N–H and O–H groups in total. The first-order valence-electron chi connectivity index (χ1n) is 4.94. The maximum absolute atomic E-state index is 5.97. The molecule has 5 nitrogen and oxygen atoms in total. The van der Waals surface area contributed by atoms with Crippen molar-refractivity contribution < 1.29 is 4.52 Å². The van der Waals surface area contributed by atoms with Crippen LogP contribution in [0.3, 0.4) is 0 Å². The third-order valence-electron chi connectivity index (χ3n) is 2.00. The normalized spacial score (nSPS) is 10.6. The number of nitrogens with one attached hydrogen (secondary N) is 1. The van der Waals surface area contributed by atoms with Crippen LogP contribution in [0, 0.1) is 0 Å². The zero-order chi connectivity index (χ0) is 11.4. The Kier molecular flexibility index (Phi) is 3.48. The van der Waals surface area contributed by atoms with E-state index in [1.165, 1.54) is 0 Å². The number of aromatic nitrogens is 3. The Morgan fingerprint density at radius 3 is 3.12 bits per heavy atom. The molecule has 0 fully saturated rings. The standard InChI is InChI=1S/C10H11ClN4O/c1-2-12-6-9-14-10(16-15-9)7-3-4-13-5-8(7)11/h3-5,12H,2,6H2,1H3. The summed E-state index contributed by atoms with van der Waals surface area (Å²) in [4.78, 5) is 8.12. The van der Waals surface area contributed by atoms with Crippen molar-refractivity contribution in [1.29, 1.82) is 0 Å². The van der Waals surface area contributed by atoms with Gasteiger partial charge in [-0.05, 0) is 12.6 Å². The first-order chi connectivity index (χ1) is 7.81. The van der Waals surface area contributed by atoms with Gasteiger partial charge in [0.15, 0.2) is 5.82 Å². The van der Waals surface area contributed by atoms with Gasteiger partial charge in [-0.15, -0.1) is 0 Å². The van der Waals surface area contributed by atoms with Gasteiger partial charge in [0.1, 0.15) is 0 Å². The fraction of sp³-hybridized carbons (Fsp3) is 0.300. The molecule has 2 aromatic rings. The third-order valence-corrected chi connectivity index (χ3v) is 2.31. The van der Waals surface area contributed by atoms with Crippen LogP contribution < -0.4 is 5.32 Å². The van der Waals surface area contributed by atoms with E-state index < -0.39 is 0 Å². The molecule has 0 aromatic carbocycles. The molecule has 0 amide bonds. The summed E-state index contributed by atoms with van der Waals surface area (Å²) in [5.74, 6) is 1.03. The highest BCUT2D eigenvalue weighted by Crippen LogP contribution is 2.24. The van der Waals surface area contributed by atoms with E-state index >= 15 is 0 Å². The molecule has 84 valence electrons. The summed E-state index contributed by atoms with van der Waals surface area (Å²) in [5.41, 5.74) is 0.701. The van der Waals surface area contributed by atoms with E-state index in [2.05, 4.69) is 20.4 Å². The van der Waals surface area contributed by atoms with Crippen LogP contribution in [0.25, 0.3) is 11.5 Å². The average Bonchev–Trinajstić information content (AvgIpc) is 2.75. The second-order valence-electron chi connectivity index (χ2n) is 3.15. The average molecular weight is 239 g/mol.